The van der Waals surface area contributed by atoms with Gasteiger partial charge in [0, 0.05) is 20.3 Å². The molecule has 0 fully saturated rings. The Labute approximate surface area is 94.3 Å². The third-order valence-corrected chi connectivity index (χ3v) is 2.44. The predicted octanol–water partition coefficient (Wildman–Crippen LogP) is -0.119. The minimum absolute atomic E-state index is 0.747. The Morgan fingerprint density at radius 3 is 2.81 bits per heavy atom. The van der Waals surface area contributed by atoms with Crippen molar-refractivity contribution in [1.29, 1.82) is 0 Å². The summed E-state index contributed by atoms with van der Waals surface area (Å²) in [4.78, 5) is 4.14. The van der Waals surface area contributed by atoms with Gasteiger partial charge in [-0.25, -0.2) is 4.98 Å². The minimum atomic E-state index is 0.747. The summed E-state index contributed by atoms with van der Waals surface area (Å²) < 4.78 is 3.59. The number of aryl methyl sites for hydroxylation is 2. The summed E-state index contributed by atoms with van der Waals surface area (Å²) in [6.07, 6.45) is 6.47. The van der Waals surface area contributed by atoms with E-state index in [4.69, 9.17) is 0 Å². The molecule has 1 N–H and O–H groups in total. The number of nitrogens with zero attached hydrogens (tertiary/aromatic N) is 5. The third kappa shape index (κ3) is 2.66. The number of hydrogen-bond donors (Lipinski definition) is 1. The number of aromatic nitrogens is 5. The molecule has 0 atom stereocenters. The van der Waals surface area contributed by atoms with Gasteiger partial charge in [0.05, 0.1) is 12.7 Å². The zero-order chi connectivity index (χ0) is 11.4. The molecule has 6 nitrogen and oxygen atoms in total. The van der Waals surface area contributed by atoms with Crippen LogP contribution < -0.4 is 5.32 Å². The molecule has 16 heavy (non-hydrogen) atoms. The molecule has 0 saturated carbocycles. The van der Waals surface area contributed by atoms with Crippen LogP contribution in [-0.4, -0.2) is 31.1 Å². The van der Waals surface area contributed by atoms with Crippen molar-refractivity contribution >= 4 is 0 Å². The van der Waals surface area contributed by atoms with E-state index in [0.29, 0.717) is 0 Å². The molecule has 0 radical (unpaired) electrons. The van der Waals surface area contributed by atoms with Gasteiger partial charge >= 0.3 is 0 Å². The van der Waals surface area contributed by atoms with Crippen LogP contribution in [0.4, 0.5) is 0 Å². The largest absolute Gasteiger partial charge is 0.310 e. The molecule has 0 aliphatic heterocycles. The smallest absolute Gasteiger partial charge is 0.140 e. The van der Waals surface area contributed by atoms with Crippen molar-refractivity contribution in [3.05, 3.63) is 30.1 Å². The molecule has 0 unspecified atom stereocenters. The van der Waals surface area contributed by atoms with Crippen molar-refractivity contribution < 1.29 is 0 Å². The van der Waals surface area contributed by atoms with Gasteiger partial charge in [0.15, 0.2) is 0 Å². The Kier molecular flexibility index (Phi) is 3.31. The maximum atomic E-state index is 4.14. The summed E-state index contributed by atoms with van der Waals surface area (Å²) in [5.74, 6) is 0.950. The molecule has 0 saturated heterocycles. The molecule has 0 aliphatic carbocycles. The first-order valence-corrected chi connectivity index (χ1v) is 5.27. The summed E-state index contributed by atoms with van der Waals surface area (Å²) in [6.45, 7) is 1.66. The number of rotatable bonds is 5. The molecule has 0 spiro atoms. The first-order valence-electron chi connectivity index (χ1n) is 5.27. The molecule has 6 heteroatoms. The summed E-state index contributed by atoms with van der Waals surface area (Å²) in [7, 11) is 3.82. The molecule has 2 aromatic rings. The first-order chi connectivity index (χ1) is 7.75. The lowest BCUT2D eigenvalue weighted by Crippen LogP contribution is -2.19. The standard InChI is InChI=1S/C10H16N6/c1-15-7-9(5-13-15)3-4-11-6-10-12-8-14-16(10)2/h5,7-8,11H,3-4,6H2,1-2H3. The highest BCUT2D eigenvalue weighted by Crippen LogP contribution is 1.96. The fraction of sp³-hybridized carbons (Fsp3) is 0.500. The van der Waals surface area contributed by atoms with Crippen LogP contribution in [0.15, 0.2) is 18.7 Å². The Morgan fingerprint density at radius 1 is 1.31 bits per heavy atom. The molecule has 2 heterocycles. The van der Waals surface area contributed by atoms with Crippen molar-refractivity contribution in [1.82, 2.24) is 29.9 Å². The fourth-order valence-electron chi connectivity index (χ4n) is 1.51. The molecule has 86 valence electrons. The maximum absolute atomic E-state index is 4.14. The molecule has 0 aromatic carbocycles. The summed E-state index contributed by atoms with van der Waals surface area (Å²) in [5, 5.41) is 11.5. The van der Waals surface area contributed by atoms with Gasteiger partial charge in [-0.2, -0.15) is 10.2 Å². The second-order valence-electron chi connectivity index (χ2n) is 3.75. The molecule has 2 aromatic heterocycles. The van der Waals surface area contributed by atoms with Gasteiger partial charge in [-0.3, -0.25) is 9.36 Å². The molecule has 0 bridgehead atoms. The van der Waals surface area contributed by atoms with Crippen LogP contribution in [0.5, 0.6) is 0 Å². The molecule has 2 rings (SSSR count). The quantitative estimate of drug-likeness (QED) is 0.714. The predicted molar refractivity (Wildman–Crippen MR) is 59.6 cm³/mol. The van der Waals surface area contributed by atoms with Gasteiger partial charge in [-0.1, -0.05) is 0 Å². The van der Waals surface area contributed by atoms with Gasteiger partial charge in [0.25, 0.3) is 0 Å². The van der Waals surface area contributed by atoms with Crippen molar-refractivity contribution in [2.24, 2.45) is 14.1 Å². The highest BCUT2D eigenvalue weighted by atomic mass is 15.3. The zero-order valence-corrected chi connectivity index (χ0v) is 9.59. The van der Waals surface area contributed by atoms with Crippen LogP contribution in [-0.2, 0) is 27.1 Å². The van der Waals surface area contributed by atoms with E-state index in [-0.39, 0.29) is 0 Å². The van der Waals surface area contributed by atoms with Crippen molar-refractivity contribution in [3.8, 4) is 0 Å². The van der Waals surface area contributed by atoms with Crippen LogP contribution >= 0.6 is 0 Å². The highest BCUT2D eigenvalue weighted by Gasteiger charge is 2.00. The lowest BCUT2D eigenvalue weighted by atomic mass is 10.2. The van der Waals surface area contributed by atoms with E-state index in [1.165, 1.54) is 5.56 Å². The van der Waals surface area contributed by atoms with E-state index < -0.39 is 0 Å². The van der Waals surface area contributed by atoms with Crippen molar-refractivity contribution in [3.63, 3.8) is 0 Å². The Bertz CT molecular complexity index is 444. The van der Waals surface area contributed by atoms with Crippen molar-refractivity contribution in [2.45, 2.75) is 13.0 Å². The van der Waals surface area contributed by atoms with Crippen molar-refractivity contribution in [2.75, 3.05) is 6.54 Å². The van der Waals surface area contributed by atoms with Gasteiger partial charge < -0.3 is 5.32 Å². The number of nitrogens with one attached hydrogen (secondary N) is 1. The van der Waals surface area contributed by atoms with Crippen LogP contribution in [0.2, 0.25) is 0 Å². The van der Waals surface area contributed by atoms with E-state index in [1.54, 1.807) is 11.0 Å². The molecule has 0 aliphatic rings. The maximum Gasteiger partial charge on any atom is 0.140 e. The monoisotopic (exact) mass is 220 g/mol. The van der Waals surface area contributed by atoms with Gasteiger partial charge in [0.1, 0.15) is 12.2 Å². The summed E-state index contributed by atoms with van der Waals surface area (Å²) in [5.41, 5.74) is 1.24. The summed E-state index contributed by atoms with van der Waals surface area (Å²) in [6, 6.07) is 0. The van der Waals surface area contributed by atoms with Gasteiger partial charge in [-0.15, -0.1) is 0 Å². The Hall–Kier alpha value is -1.69. The molecular weight excluding hydrogens is 204 g/mol. The van der Waals surface area contributed by atoms with Crippen LogP contribution in [0.25, 0.3) is 0 Å². The zero-order valence-electron chi connectivity index (χ0n) is 9.59. The van der Waals surface area contributed by atoms with Gasteiger partial charge in [-0.05, 0) is 18.5 Å². The lowest BCUT2D eigenvalue weighted by Gasteiger charge is -2.02. The van der Waals surface area contributed by atoms with E-state index >= 15 is 0 Å². The van der Waals surface area contributed by atoms with E-state index in [0.717, 1.165) is 25.3 Å². The first kappa shape index (κ1) is 10.8. The fourth-order valence-corrected chi connectivity index (χ4v) is 1.51. The topological polar surface area (TPSA) is 60.6 Å². The summed E-state index contributed by atoms with van der Waals surface area (Å²) >= 11 is 0. The average molecular weight is 220 g/mol. The van der Waals surface area contributed by atoms with Crippen LogP contribution in [0.1, 0.15) is 11.4 Å². The average Bonchev–Trinajstić information content (AvgIpc) is 2.83. The number of hydrogen-bond acceptors (Lipinski definition) is 4. The second-order valence-corrected chi connectivity index (χ2v) is 3.75. The Balaban J connectivity index is 1.71. The van der Waals surface area contributed by atoms with Gasteiger partial charge in [0.2, 0.25) is 0 Å². The van der Waals surface area contributed by atoms with E-state index in [2.05, 4.69) is 20.5 Å². The molecular formula is C10H16N6. The Morgan fingerprint density at radius 2 is 2.19 bits per heavy atom. The lowest BCUT2D eigenvalue weighted by molar-refractivity contribution is 0.614. The highest BCUT2D eigenvalue weighted by molar-refractivity contribution is 5.03. The van der Waals surface area contributed by atoms with E-state index in [9.17, 15) is 0 Å². The third-order valence-electron chi connectivity index (χ3n) is 2.44. The molecule has 0 amide bonds. The van der Waals surface area contributed by atoms with E-state index in [1.807, 2.05) is 31.2 Å². The van der Waals surface area contributed by atoms with Crippen LogP contribution in [0, 0.1) is 0 Å². The normalized spacial score (nSPS) is 10.9. The van der Waals surface area contributed by atoms with Crippen LogP contribution in [0.3, 0.4) is 0 Å². The SMILES string of the molecule is Cn1cc(CCNCc2ncnn2C)cn1. The minimum Gasteiger partial charge on any atom is -0.310 e. The second kappa shape index (κ2) is 4.89.